The fourth-order valence-electron chi connectivity index (χ4n) is 5.11. The summed E-state index contributed by atoms with van der Waals surface area (Å²) in [7, 11) is 0. The molecule has 46 heavy (non-hydrogen) atoms. The molecular weight excluding hydrogens is 584 g/mol. The van der Waals surface area contributed by atoms with E-state index in [0.717, 1.165) is 72.6 Å². The molecule has 0 aliphatic carbocycles. The quantitative estimate of drug-likeness (QED) is 0.154. The lowest BCUT2D eigenvalue weighted by Crippen LogP contribution is -1.98. The summed E-state index contributed by atoms with van der Waals surface area (Å²) in [4.78, 5) is 39.5. The van der Waals surface area contributed by atoms with Crippen molar-refractivity contribution in [1.29, 1.82) is 0 Å². The van der Waals surface area contributed by atoms with Gasteiger partial charge in [0.05, 0.1) is 36.0 Å². The van der Waals surface area contributed by atoms with Crippen molar-refractivity contribution in [2.45, 2.75) is 53.4 Å². The molecule has 0 radical (unpaired) electrons. The van der Waals surface area contributed by atoms with E-state index < -0.39 is 11.9 Å². The van der Waals surface area contributed by atoms with Crippen LogP contribution in [0.2, 0.25) is 0 Å². The van der Waals surface area contributed by atoms with E-state index >= 15 is 0 Å². The number of nitrogens with one attached hydrogen (secondary N) is 2. The lowest BCUT2D eigenvalue weighted by molar-refractivity contribution is -0.137. The van der Waals surface area contributed by atoms with Gasteiger partial charge < -0.3 is 30.4 Å². The van der Waals surface area contributed by atoms with Crippen LogP contribution < -0.4 is 0 Å². The number of carboxylic acids is 2. The maximum atomic E-state index is 11.4. The molecule has 2 aliphatic heterocycles. The number of rotatable bonds is 7. The Labute approximate surface area is 269 Å². The summed E-state index contributed by atoms with van der Waals surface area (Å²) in [6.45, 7) is 19.8. The van der Waals surface area contributed by atoms with Gasteiger partial charge in [0, 0.05) is 34.9 Å². The third-order valence-corrected chi connectivity index (χ3v) is 7.36. The number of carboxylic acid groups (broad SMARTS) is 2. The molecule has 0 atom stereocenters. The lowest BCUT2D eigenvalue weighted by Gasteiger charge is -2.03. The molecule has 3 aromatic rings. The second kappa shape index (κ2) is 17.4. The average Bonchev–Trinajstić information content (AvgIpc) is 3.73. The molecule has 0 spiro atoms. The predicted molar refractivity (Wildman–Crippen MR) is 186 cm³/mol. The number of carbonyl (C=O) groups is 2. The predicted octanol–water partition coefficient (Wildman–Crippen LogP) is 6.88. The molecule has 0 fully saturated rings. The molecular formula is C36H44N4O6. The number of fused-ring (bicyclic) bond motifs is 8. The normalized spacial score (nSPS) is 11.7. The minimum Gasteiger partial charge on any atom is -0.481 e. The molecule has 8 bridgehead atoms. The fourth-order valence-corrected chi connectivity index (χ4v) is 5.11. The number of hydrogen-bond acceptors (Lipinski definition) is 6. The highest BCUT2D eigenvalue weighted by atomic mass is 16.4. The first kappa shape index (κ1) is 37.1. The van der Waals surface area contributed by atoms with E-state index in [-0.39, 0.29) is 26.1 Å². The number of aryl methyl sites for hydroxylation is 3. The van der Waals surface area contributed by atoms with Crippen molar-refractivity contribution in [3.8, 4) is 0 Å². The highest BCUT2D eigenvalue weighted by Crippen LogP contribution is 2.34. The SMILES string of the molecule is C=C.C=C.CC1=Cc2cc3[nH]c(cc4nc(cc5[nH]c(cc1n2)c(C)c5CCC(=O)O)C(CCC(=O)O)=C4C)cc3C.OCCO. The van der Waals surface area contributed by atoms with Gasteiger partial charge in [-0.3, -0.25) is 9.59 Å². The molecule has 0 aromatic carbocycles. The van der Waals surface area contributed by atoms with E-state index in [1.807, 2.05) is 58.0 Å². The molecule has 5 heterocycles. The van der Waals surface area contributed by atoms with Crippen LogP contribution in [0.1, 0.15) is 72.6 Å². The van der Waals surface area contributed by atoms with Crippen molar-refractivity contribution >= 4 is 56.8 Å². The summed E-state index contributed by atoms with van der Waals surface area (Å²) in [6.07, 6.45) is 2.74. The first-order valence-corrected chi connectivity index (χ1v) is 14.8. The highest BCUT2D eigenvalue weighted by molar-refractivity contribution is 5.94. The Morgan fingerprint density at radius 3 is 1.93 bits per heavy atom. The molecule has 6 N–H and O–H groups in total. The van der Waals surface area contributed by atoms with Crippen molar-refractivity contribution in [3.63, 3.8) is 0 Å². The number of H-pyrrole nitrogens is 2. The van der Waals surface area contributed by atoms with E-state index in [4.69, 9.17) is 20.2 Å². The van der Waals surface area contributed by atoms with Crippen LogP contribution in [0.3, 0.4) is 0 Å². The summed E-state index contributed by atoms with van der Waals surface area (Å²) in [5.41, 5.74) is 12.4. The van der Waals surface area contributed by atoms with E-state index in [2.05, 4.69) is 42.4 Å². The molecule has 5 rings (SSSR count). The first-order chi connectivity index (χ1) is 22.0. The van der Waals surface area contributed by atoms with Gasteiger partial charge >= 0.3 is 11.9 Å². The maximum Gasteiger partial charge on any atom is 0.303 e. The Balaban J connectivity index is 0.000000841. The van der Waals surface area contributed by atoms with Gasteiger partial charge in [-0.15, -0.1) is 26.3 Å². The summed E-state index contributed by atoms with van der Waals surface area (Å²) in [5, 5.41) is 34.0. The van der Waals surface area contributed by atoms with Crippen molar-refractivity contribution < 1.29 is 30.0 Å². The zero-order valence-corrected chi connectivity index (χ0v) is 27.0. The van der Waals surface area contributed by atoms with Gasteiger partial charge in [-0.1, -0.05) is 0 Å². The van der Waals surface area contributed by atoms with Crippen LogP contribution in [0.4, 0.5) is 0 Å². The molecule has 3 aromatic heterocycles. The molecule has 244 valence electrons. The molecule has 10 heteroatoms. The van der Waals surface area contributed by atoms with Crippen LogP contribution in [0, 0.1) is 13.8 Å². The summed E-state index contributed by atoms with van der Waals surface area (Å²) >= 11 is 0. The highest BCUT2D eigenvalue weighted by Gasteiger charge is 2.19. The number of aromatic nitrogens is 4. The lowest BCUT2D eigenvalue weighted by atomic mass is 10.0. The Morgan fingerprint density at radius 1 is 0.717 bits per heavy atom. The number of hydrogen-bond donors (Lipinski definition) is 6. The Kier molecular flexibility index (Phi) is 14.1. The smallest absolute Gasteiger partial charge is 0.303 e. The van der Waals surface area contributed by atoms with Crippen LogP contribution >= 0.6 is 0 Å². The number of nitrogens with zero attached hydrogens (tertiary/aromatic N) is 2. The second-order valence-corrected chi connectivity index (χ2v) is 10.4. The topological polar surface area (TPSA) is 172 Å². The standard InChI is InChI=1S/C30H30N4O4.C2H6O2.2C2H4/c1-15-9-20-12-25-17(3)21(5-7-29(35)36)27(33-25)14-28-22(6-8-30(37)38)18(4)26(34-28)13-24-16(2)10-19(32-24)11-23(15)31-20;3-1-2-4;2*1-2/h9-14,31,34H,5-8H2,1-4H3,(H,35,36)(H,37,38);3-4H,1-2H2;2*1-2H2. The van der Waals surface area contributed by atoms with Crippen molar-refractivity contribution in [3.05, 3.63) is 96.1 Å². The van der Waals surface area contributed by atoms with Gasteiger partial charge in [0.15, 0.2) is 0 Å². The number of aliphatic carboxylic acids is 2. The third kappa shape index (κ3) is 9.23. The van der Waals surface area contributed by atoms with Gasteiger partial charge in [0.1, 0.15) is 0 Å². The van der Waals surface area contributed by atoms with Crippen molar-refractivity contribution in [1.82, 2.24) is 19.9 Å². The minimum absolute atomic E-state index is 0.00160. The Bertz CT molecular complexity index is 1790. The van der Waals surface area contributed by atoms with E-state index in [9.17, 15) is 19.8 Å². The molecule has 0 saturated carbocycles. The van der Waals surface area contributed by atoms with Gasteiger partial charge in [0.2, 0.25) is 0 Å². The van der Waals surface area contributed by atoms with Crippen LogP contribution in [0.25, 0.3) is 44.9 Å². The van der Waals surface area contributed by atoms with Crippen LogP contribution in [-0.2, 0) is 16.0 Å². The molecule has 0 amide bonds. The monoisotopic (exact) mass is 628 g/mol. The molecule has 0 saturated heterocycles. The fraction of sp³-hybridized carbons (Fsp3) is 0.278. The van der Waals surface area contributed by atoms with Crippen molar-refractivity contribution in [2.75, 3.05) is 13.2 Å². The number of aromatic amines is 2. The number of allylic oxidation sites excluding steroid dienone is 3. The summed E-state index contributed by atoms with van der Waals surface area (Å²) in [6, 6.07) is 9.98. The largest absolute Gasteiger partial charge is 0.481 e. The van der Waals surface area contributed by atoms with Crippen molar-refractivity contribution in [2.24, 2.45) is 0 Å². The summed E-state index contributed by atoms with van der Waals surface area (Å²) in [5.74, 6) is -1.73. The summed E-state index contributed by atoms with van der Waals surface area (Å²) < 4.78 is 0. The van der Waals surface area contributed by atoms with Crippen LogP contribution in [-0.4, -0.2) is 65.5 Å². The van der Waals surface area contributed by atoms with E-state index in [1.54, 1.807) is 0 Å². The molecule has 0 unspecified atom stereocenters. The maximum absolute atomic E-state index is 11.4. The number of aliphatic hydroxyl groups excluding tert-OH is 2. The zero-order valence-electron chi connectivity index (χ0n) is 27.0. The van der Waals surface area contributed by atoms with Gasteiger partial charge in [-0.2, -0.15) is 0 Å². The van der Waals surface area contributed by atoms with Crippen LogP contribution in [0.5, 0.6) is 0 Å². The van der Waals surface area contributed by atoms with E-state index in [0.29, 0.717) is 18.5 Å². The average molecular weight is 629 g/mol. The van der Waals surface area contributed by atoms with Gasteiger partial charge in [0.25, 0.3) is 0 Å². The Morgan fingerprint density at radius 2 is 1.33 bits per heavy atom. The van der Waals surface area contributed by atoms with E-state index in [1.165, 1.54) is 0 Å². The number of aliphatic hydroxyl groups is 2. The first-order valence-electron chi connectivity index (χ1n) is 14.8. The molecule has 2 aliphatic rings. The minimum atomic E-state index is -0.868. The zero-order chi connectivity index (χ0) is 34.6. The van der Waals surface area contributed by atoms with Gasteiger partial charge in [-0.05, 0) is 110 Å². The molecule has 10 nitrogen and oxygen atoms in total. The van der Waals surface area contributed by atoms with Gasteiger partial charge in [-0.25, -0.2) is 9.97 Å². The Hall–Kier alpha value is -5.06. The second-order valence-electron chi connectivity index (χ2n) is 10.4. The third-order valence-electron chi connectivity index (χ3n) is 7.36. The van der Waals surface area contributed by atoms with Crippen LogP contribution in [0.15, 0.2) is 56.6 Å².